The molecule has 0 aliphatic carbocycles. The van der Waals surface area contributed by atoms with Crippen molar-refractivity contribution >= 4 is 10.1 Å². The molecule has 0 saturated heterocycles. The molecule has 3 nitrogen and oxygen atoms in total. The lowest BCUT2D eigenvalue weighted by atomic mass is 10.3. The molecule has 0 rings (SSSR count). The van der Waals surface area contributed by atoms with Crippen molar-refractivity contribution in [2.24, 2.45) is 0 Å². The lowest BCUT2D eigenvalue weighted by molar-refractivity contribution is -0.145. The number of hydrogen-bond acceptors (Lipinski definition) is 3. The van der Waals surface area contributed by atoms with E-state index in [9.17, 15) is 34.9 Å². The third-order valence-corrected chi connectivity index (χ3v) is 1.90. The van der Waals surface area contributed by atoms with Gasteiger partial charge in [-0.2, -0.15) is 17.6 Å². The van der Waals surface area contributed by atoms with Crippen LogP contribution in [0.15, 0.2) is 12.4 Å². The fourth-order valence-corrected chi connectivity index (χ4v) is 0.740. The van der Waals surface area contributed by atoms with Gasteiger partial charge in [-0.3, -0.25) is 0 Å². The van der Waals surface area contributed by atoms with Gasteiger partial charge < -0.3 is 4.55 Å². The number of hydrogen-bond donors (Lipinski definition) is 0. The fraction of sp³-hybridized carbons (Fsp3) is 0.500. The lowest BCUT2D eigenvalue weighted by Gasteiger charge is -2.26. The Morgan fingerprint density at radius 2 is 1.54 bits per heavy atom. The average molecular weight is 225 g/mol. The molecule has 0 aromatic carbocycles. The zero-order valence-corrected chi connectivity index (χ0v) is 6.55. The third kappa shape index (κ3) is 1.80. The molecule has 0 amide bonds. The molecule has 9 heteroatoms. The lowest BCUT2D eigenvalue weighted by Crippen LogP contribution is -2.47. The van der Waals surface area contributed by atoms with E-state index in [-0.39, 0.29) is 0 Å². The predicted octanol–water partition coefficient (Wildman–Crippen LogP) is 1.24. The van der Waals surface area contributed by atoms with Gasteiger partial charge in [0.05, 0.1) is 0 Å². The highest BCUT2D eigenvalue weighted by Gasteiger charge is 2.64. The van der Waals surface area contributed by atoms with Crippen LogP contribution in [0.4, 0.5) is 22.0 Å². The molecule has 13 heavy (non-hydrogen) atoms. The van der Waals surface area contributed by atoms with Crippen LogP contribution in [0.2, 0.25) is 0 Å². The van der Waals surface area contributed by atoms with Crippen molar-refractivity contribution in [2.45, 2.75) is 11.2 Å². The van der Waals surface area contributed by atoms with Crippen LogP contribution in [-0.4, -0.2) is 24.1 Å². The van der Waals surface area contributed by atoms with Gasteiger partial charge in [0.2, 0.25) is 0 Å². The van der Waals surface area contributed by atoms with E-state index in [0.717, 1.165) is 0 Å². The molecular formula is C4H2F5O3S-. The highest BCUT2D eigenvalue weighted by molar-refractivity contribution is 7.86. The summed E-state index contributed by atoms with van der Waals surface area (Å²) in [5.41, 5.74) is 0. The van der Waals surface area contributed by atoms with Crippen LogP contribution in [0.25, 0.3) is 0 Å². The van der Waals surface area contributed by atoms with E-state index in [1.54, 1.807) is 6.58 Å². The minimum absolute atomic E-state index is 1.81. The Kier molecular flexibility index (Phi) is 2.75. The molecule has 0 fully saturated rings. The van der Waals surface area contributed by atoms with E-state index in [1.165, 1.54) is 0 Å². The predicted molar refractivity (Wildman–Crippen MR) is 29.8 cm³/mol. The maximum absolute atomic E-state index is 12.0. The molecular weight excluding hydrogens is 223 g/mol. The van der Waals surface area contributed by atoms with Gasteiger partial charge in [-0.15, -0.1) is 0 Å². The summed E-state index contributed by atoms with van der Waals surface area (Å²) in [6.45, 7) is 1.81. The molecule has 0 saturated carbocycles. The van der Waals surface area contributed by atoms with Crippen molar-refractivity contribution in [3.05, 3.63) is 12.4 Å². The van der Waals surface area contributed by atoms with Gasteiger partial charge in [0, 0.05) is 0 Å². The van der Waals surface area contributed by atoms with Crippen molar-refractivity contribution in [3.63, 3.8) is 0 Å². The van der Waals surface area contributed by atoms with Crippen LogP contribution in [0, 0.1) is 0 Å². The monoisotopic (exact) mass is 225 g/mol. The van der Waals surface area contributed by atoms with Crippen molar-refractivity contribution in [2.75, 3.05) is 0 Å². The molecule has 0 unspecified atom stereocenters. The summed E-state index contributed by atoms with van der Waals surface area (Å²) in [6, 6.07) is 0. The molecule has 0 aliphatic rings. The molecule has 0 heterocycles. The summed E-state index contributed by atoms with van der Waals surface area (Å²) < 4.78 is 88.6. The summed E-state index contributed by atoms with van der Waals surface area (Å²) in [5.74, 6) is -8.61. The second kappa shape index (κ2) is 2.91. The molecule has 0 N–H and O–H groups in total. The number of alkyl halides is 4. The zero-order valence-electron chi connectivity index (χ0n) is 5.73. The van der Waals surface area contributed by atoms with E-state index >= 15 is 0 Å². The van der Waals surface area contributed by atoms with Crippen molar-refractivity contribution < 1.29 is 34.9 Å². The van der Waals surface area contributed by atoms with Crippen LogP contribution in [0.3, 0.4) is 0 Å². The maximum atomic E-state index is 12.0. The Balaban J connectivity index is 5.42. The van der Waals surface area contributed by atoms with Crippen LogP contribution in [0.5, 0.6) is 0 Å². The average Bonchev–Trinajstić information content (AvgIpc) is 1.84. The van der Waals surface area contributed by atoms with E-state index in [2.05, 4.69) is 0 Å². The largest absolute Gasteiger partial charge is 0.743 e. The van der Waals surface area contributed by atoms with E-state index in [0.29, 0.717) is 0 Å². The Hall–Kier alpha value is -0.700. The molecule has 0 aromatic heterocycles. The first-order valence-electron chi connectivity index (χ1n) is 2.50. The minimum atomic E-state index is -6.64. The maximum Gasteiger partial charge on any atom is 0.403 e. The van der Waals surface area contributed by atoms with Crippen molar-refractivity contribution in [1.82, 2.24) is 0 Å². The van der Waals surface area contributed by atoms with E-state index in [1.807, 2.05) is 0 Å². The number of allylic oxidation sites excluding steroid dienone is 1. The summed E-state index contributed by atoms with van der Waals surface area (Å²) >= 11 is 0. The van der Waals surface area contributed by atoms with Crippen LogP contribution in [0.1, 0.15) is 0 Å². The van der Waals surface area contributed by atoms with Crippen molar-refractivity contribution in [3.8, 4) is 0 Å². The molecule has 0 aromatic rings. The highest BCUT2D eigenvalue weighted by Crippen LogP contribution is 2.42. The standard InChI is InChI=1S/C4H3F5O3S/c1-2(5)3(6,7)4(8,9)13(10,11)12/h1H2,(H,10,11,12)/p-1. The summed E-state index contributed by atoms with van der Waals surface area (Å²) in [4.78, 5) is 0. The minimum Gasteiger partial charge on any atom is -0.743 e. The highest BCUT2D eigenvalue weighted by atomic mass is 32.2. The first-order valence-corrected chi connectivity index (χ1v) is 3.91. The van der Waals surface area contributed by atoms with Gasteiger partial charge in [0.15, 0.2) is 15.9 Å². The van der Waals surface area contributed by atoms with Crippen LogP contribution < -0.4 is 0 Å². The zero-order chi connectivity index (χ0) is 11.1. The Bertz CT molecular complexity index is 319. The first-order chi connectivity index (χ1) is 5.44. The van der Waals surface area contributed by atoms with Gasteiger partial charge in [0.25, 0.3) is 0 Å². The quantitative estimate of drug-likeness (QED) is 0.536. The van der Waals surface area contributed by atoms with Crippen molar-refractivity contribution in [1.29, 1.82) is 0 Å². The van der Waals surface area contributed by atoms with Gasteiger partial charge in [-0.1, -0.05) is 6.58 Å². The van der Waals surface area contributed by atoms with E-state index < -0.39 is 27.1 Å². The Morgan fingerprint density at radius 1 is 1.23 bits per heavy atom. The second-order valence-electron chi connectivity index (χ2n) is 1.95. The van der Waals surface area contributed by atoms with Gasteiger partial charge in [0.1, 0.15) is 0 Å². The summed E-state index contributed by atoms with van der Waals surface area (Å²) in [7, 11) is -6.64. The normalized spacial score (nSPS) is 14.3. The summed E-state index contributed by atoms with van der Waals surface area (Å²) in [5, 5.41) is -6.04. The molecule has 78 valence electrons. The Morgan fingerprint density at radius 3 is 1.62 bits per heavy atom. The smallest absolute Gasteiger partial charge is 0.403 e. The third-order valence-electron chi connectivity index (χ3n) is 1.02. The van der Waals surface area contributed by atoms with Crippen LogP contribution in [-0.2, 0) is 10.1 Å². The summed E-state index contributed by atoms with van der Waals surface area (Å²) in [6.07, 6.45) is 0. The molecule has 0 bridgehead atoms. The van der Waals surface area contributed by atoms with Gasteiger partial charge in [-0.25, -0.2) is 12.8 Å². The molecule has 0 radical (unpaired) electrons. The van der Waals surface area contributed by atoms with E-state index in [4.69, 9.17) is 0 Å². The first kappa shape index (κ1) is 12.3. The molecule has 0 atom stereocenters. The van der Waals surface area contributed by atoms with Gasteiger partial charge >= 0.3 is 11.2 Å². The topological polar surface area (TPSA) is 57.2 Å². The molecule has 0 aliphatic heterocycles. The number of rotatable bonds is 3. The fourth-order valence-electron chi connectivity index (χ4n) is 0.315. The SMILES string of the molecule is C=C(F)C(F)(F)C(F)(F)S(=O)(=O)[O-]. The Labute approximate surface area is 69.6 Å². The van der Waals surface area contributed by atoms with Gasteiger partial charge in [-0.05, 0) is 0 Å². The second-order valence-corrected chi connectivity index (χ2v) is 3.37. The molecule has 0 spiro atoms. The number of halogens is 5. The van der Waals surface area contributed by atoms with Crippen LogP contribution >= 0.6 is 0 Å².